The number of rotatable bonds is 4. The number of carbonyl (C=O) groups is 1. The average molecular weight is 437 g/mol. The van der Waals surface area contributed by atoms with Gasteiger partial charge >= 0.3 is 0 Å². The number of likely N-dealkylation sites (N-methyl/N-ethyl adjacent to an activating group) is 1. The van der Waals surface area contributed by atoms with Gasteiger partial charge in [0.05, 0.1) is 5.69 Å². The van der Waals surface area contributed by atoms with Crippen molar-refractivity contribution in [3.8, 4) is 0 Å². The van der Waals surface area contributed by atoms with Crippen LogP contribution in [0.25, 0.3) is 0 Å². The zero-order valence-electron chi connectivity index (χ0n) is 19.2. The summed E-state index contributed by atoms with van der Waals surface area (Å²) >= 11 is 0. The van der Waals surface area contributed by atoms with Gasteiger partial charge in [0.25, 0.3) is 5.91 Å². The number of carbonyl (C=O) groups excluding carboxylic acids is 1. The molecule has 0 unspecified atom stereocenters. The molecule has 0 radical (unpaired) electrons. The van der Waals surface area contributed by atoms with Crippen molar-refractivity contribution in [3.63, 3.8) is 0 Å². The monoisotopic (exact) mass is 436 g/mol. The topological polar surface area (TPSA) is 30.0 Å². The van der Waals surface area contributed by atoms with Crippen LogP contribution in [0.3, 0.4) is 0 Å². The third kappa shape index (κ3) is 3.96. The predicted octanol–water partition coefficient (Wildman–Crippen LogP) is 4.16. The zero-order chi connectivity index (χ0) is 22.2. The van der Waals surface area contributed by atoms with Crippen LogP contribution in [0.2, 0.25) is 0 Å². The van der Waals surface area contributed by atoms with Crippen LogP contribution < -0.4 is 14.7 Å². The van der Waals surface area contributed by atoms with Crippen molar-refractivity contribution in [1.82, 2.24) is 4.90 Å². The number of hydrogen-bond acceptors (Lipinski definition) is 4. The van der Waals surface area contributed by atoms with Crippen molar-refractivity contribution in [2.24, 2.45) is 0 Å². The molecule has 32 heavy (non-hydrogen) atoms. The molecule has 5 nitrogen and oxygen atoms in total. The van der Waals surface area contributed by atoms with Crippen molar-refractivity contribution in [1.29, 1.82) is 0 Å². The molecule has 2 saturated heterocycles. The van der Waals surface area contributed by atoms with Crippen LogP contribution in [-0.2, 0) is 6.42 Å². The number of anilines is 3. The Balaban J connectivity index is 1.33. The molecule has 3 aliphatic heterocycles. The first kappa shape index (κ1) is 21.3. The molecule has 0 spiro atoms. The standard InChI is InChI=1S/C26H33FN4O/c1-28(2)22-11-14-30(18-22)25-9-7-21(17-24(25)27)31-15-10-19-16-20(6-8-23(19)26(31)32)29-12-4-3-5-13-29/h6-9,16-17,22H,3-5,10-15,18H2,1-2H3/t22-/m1/s1. The number of halogens is 1. The van der Waals surface area contributed by atoms with Gasteiger partial charge in [-0.15, -0.1) is 0 Å². The lowest BCUT2D eigenvalue weighted by Crippen LogP contribution is -2.38. The summed E-state index contributed by atoms with van der Waals surface area (Å²) in [6.07, 6.45) is 5.60. The summed E-state index contributed by atoms with van der Waals surface area (Å²) in [4.78, 5) is 21.7. The van der Waals surface area contributed by atoms with Gasteiger partial charge in [-0.3, -0.25) is 4.79 Å². The van der Waals surface area contributed by atoms with E-state index in [1.165, 1.54) is 31.0 Å². The minimum absolute atomic E-state index is 0.0301. The van der Waals surface area contributed by atoms with Gasteiger partial charge in [-0.25, -0.2) is 4.39 Å². The van der Waals surface area contributed by atoms with E-state index in [-0.39, 0.29) is 11.7 Å². The van der Waals surface area contributed by atoms with Gasteiger partial charge in [0, 0.05) is 55.7 Å². The molecular formula is C26H33FN4O. The average Bonchev–Trinajstić information content (AvgIpc) is 3.30. The summed E-state index contributed by atoms with van der Waals surface area (Å²) in [7, 11) is 4.14. The second-order valence-electron chi connectivity index (χ2n) is 9.58. The number of amides is 1. The molecule has 3 heterocycles. The fourth-order valence-electron chi connectivity index (χ4n) is 5.37. The lowest BCUT2D eigenvalue weighted by atomic mass is 9.97. The first-order chi connectivity index (χ1) is 15.5. The van der Waals surface area contributed by atoms with Gasteiger partial charge in [-0.05, 0) is 88.2 Å². The van der Waals surface area contributed by atoms with Crippen LogP contribution in [0.1, 0.15) is 41.6 Å². The van der Waals surface area contributed by atoms with Crippen molar-refractivity contribution in [2.75, 3.05) is 61.5 Å². The number of nitrogens with zero attached hydrogens (tertiary/aromatic N) is 4. The minimum atomic E-state index is -0.249. The summed E-state index contributed by atoms with van der Waals surface area (Å²) < 4.78 is 15.1. The van der Waals surface area contributed by atoms with E-state index >= 15 is 4.39 Å². The maximum Gasteiger partial charge on any atom is 0.258 e. The number of piperidine rings is 1. The first-order valence-corrected chi connectivity index (χ1v) is 11.9. The van der Waals surface area contributed by atoms with Gasteiger partial charge in [0.1, 0.15) is 5.82 Å². The van der Waals surface area contributed by atoms with Gasteiger partial charge in [-0.2, -0.15) is 0 Å². The second kappa shape index (κ2) is 8.74. The van der Waals surface area contributed by atoms with Gasteiger partial charge in [0.15, 0.2) is 0 Å². The fraction of sp³-hybridized carbons (Fsp3) is 0.500. The third-order valence-corrected chi connectivity index (χ3v) is 7.37. The van der Waals surface area contributed by atoms with Gasteiger partial charge in [-0.1, -0.05) is 0 Å². The summed E-state index contributed by atoms with van der Waals surface area (Å²) in [6.45, 7) is 4.46. The number of benzene rings is 2. The maximum absolute atomic E-state index is 15.1. The van der Waals surface area contributed by atoms with Crippen molar-refractivity contribution in [3.05, 3.63) is 53.3 Å². The van der Waals surface area contributed by atoms with Crippen LogP contribution >= 0.6 is 0 Å². The van der Waals surface area contributed by atoms with Crippen molar-refractivity contribution < 1.29 is 9.18 Å². The van der Waals surface area contributed by atoms with Gasteiger partial charge < -0.3 is 19.6 Å². The normalized spacial score (nSPS) is 21.4. The van der Waals surface area contributed by atoms with Crippen LogP contribution in [0, 0.1) is 5.82 Å². The highest BCUT2D eigenvalue weighted by Crippen LogP contribution is 2.32. The molecule has 0 aliphatic carbocycles. The molecule has 0 bridgehead atoms. The summed E-state index contributed by atoms with van der Waals surface area (Å²) in [6, 6.07) is 11.9. The Morgan fingerprint density at radius 3 is 2.41 bits per heavy atom. The smallest absolute Gasteiger partial charge is 0.258 e. The Hall–Kier alpha value is -2.60. The van der Waals surface area contributed by atoms with Crippen LogP contribution in [0.5, 0.6) is 0 Å². The van der Waals surface area contributed by atoms with E-state index in [9.17, 15) is 4.79 Å². The minimum Gasteiger partial charge on any atom is -0.372 e. The fourth-order valence-corrected chi connectivity index (χ4v) is 5.37. The summed E-state index contributed by atoms with van der Waals surface area (Å²) in [5, 5.41) is 0. The highest BCUT2D eigenvalue weighted by Gasteiger charge is 2.29. The largest absolute Gasteiger partial charge is 0.372 e. The van der Waals surface area contributed by atoms with E-state index in [0.29, 0.717) is 24.0 Å². The van der Waals surface area contributed by atoms with Crippen LogP contribution in [-0.4, -0.2) is 63.7 Å². The molecule has 1 atom stereocenters. The molecule has 2 aromatic carbocycles. The molecule has 6 heteroatoms. The van der Waals surface area contributed by atoms with E-state index in [1.54, 1.807) is 4.90 Å². The SMILES string of the molecule is CN(C)[C@@H]1CCN(c2ccc(N3CCc4cc(N5CCCCC5)ccc4C3=O)cc2F)C1. The molecular weight excluding hydrogens is 403 g/mol. The Kier molecular flexibility index (Phi) is 5.80. The summed E-state index contributed by atoms with van der Waals surface area (Å²) in [5.41, 5.74) is 4.36. The third-order valence-electron chi connectivity index (χ3n) is 7.37. The van der Waals surface area contributed by atoms with Gasteiger partial charge in [0.2, 0.25) is 0 Å². The number of hydrogen-bond donors (Lipinski definition) is 0. The van der Waals surface area contributed by atoms with E-state index in [0.717, 1.165) is 50.1 Å². The number of fused-ring (bicyclic) bond motifs is 1. The molecule has 3 aliphatic rings. The molecule has 2 aromatic rings. The molecule has 170 valence electrons. The molecule has 1 amide bonds. The van der Waals surface area contributed by atoms with Crippen LogP contribution in [0.4, 0.5) is 21.5 Å². The van der Waals surface area contributed by atoms with E-state index in [4.69, 9.17) is 0 Å². The molecule has 0 N–H and O–H groups in total. The zero-order valence-corrected chi connectivity index (χ0v) is 19.2. The van der Waals surface area contributed by atoms with Crippen molar-refractivity contribution >= 4 is 23.0 Å². The Labute approximate surface area is 190 Å². The highest BCUT2D eigenvalue weighted by molar-refractivity contribution is 6.08. The lowest BCUT2D eigenvalue weighted by Gasteiger charge is -2.32. The second-order valence-corrected chi connectivity index (χ2v) is 9.58. The lowest BCUT2D eigenvalue weighted by molar-refractivity contribution is 0.0980. The van der Waals surface area contributed by atoms with E-state index in [1.807, 2.05) is 18.2 Å². The predicted molar refractivity (Wildman–Crippen MR) is 129 cm³/mol. The molecule has 2 fully saturated rings. The Morgan fingerprint density at radius 1 is 0.906 bits per heavy atom. The molecule has 5 rings (SSSR count). The Bertz CT molecular complexity index is 1000. The van der Waals surface area contributed by atoms with E-state index < -0.39 is 0 Å². The molecule has 0 saturated carbocycles. The summed E-state index contributed by atoms with van der Waals surface area (Å²) in [5.74, 6) is -0.279. The highest BCUT2D eigenvalue weighted by atomic mass is 19.1. The van der Waals surface area contributed by atoms with Crippen molar-refractivity contribution in [2.45, 2.75) is 38.1 Å². The molecule has 0 aromatic heterocycles. The first-order valence-electron chi connectivity index (χ1n) is 11.9. The quantitative estimate of drug-likeness (QED) is 0.720. The van der Waals surface area contributed by atoms with E-state index in [2.05, 4.69) is 40.9 Å². The van der Waals surface area contributed by atoms with Crippen LogP contribution in [0.15, 0.2) is 36.4 Å². The Morgan fingerprint density at radius 2 is 1.69 bits per heavy atom. The maximum atomic E-state index is 15.1.